The summed E-state index contributed by atoms with van der Waals surface area (Å²) in [6.45, 7) is 0. The fourth-order valence-corrected chi connectivity index (χ4v) is 6.73. The van der Waals surface area contributed by atoms with Gasteiger partial charge in [-0.15, -0.1) is 0 Å². The summed E-state index contributed by atoms with van der Waals surface area (Å²) in [5.74, 6) is 0. The van der Waals surface area contributed by atoms with Crippen molar-refractivity contribution >= 4 is 27.7 Å². The molecule has 0 bridgehead atoms. The first-order valence-corrected chi connectivity index (χ1v) is 12.0. The molecule has 1 aliphatic rings. The molecular formula is C18H23AuClNP+. The fraction of sp³-hybridized carbons (Fsp3) is 0.333. The molecule has 3 rings (SSSR count). The first kappa shape index (κ1) is 18.2. The van der Waals surface area contributed by atoms with Gasteiger partial charge >= 0.3 is 29.2 Å². The first-order valence-electron chi connectivity index (χ1n) is 7.71. The zero-order chi connectivity index (χ0) is 15.8. The van der Waals surface area contributed by atoms with Gasteiger partial charge in [0.2, 0.25) is 0 Å². The van der Waals surface area contributed by atoms with E-state index in [1.807, 2.05) is 0 Å². The van der Waals surface area contributed by atoms with Gasteiger partial charge in [-0.2, -0.15) is 0 Å². The Bertz CT molecular complexity index is 498. The van der Waals surface area contributed by atoms with Crippen LogP contribution in [0.4, 0.5) is 0 Å². The van der Waals surface area contributed by atoms with Crippen LogP contribution in [-0.2, 0) is 20.0 Å². The molecule has 2 atom stereocenters. The minimum absolute atomic E-state index is 0.373. The van der Waals surface area contributed by atoms with E-state index >= 15 is 0 Å². The predicted molar refractivity (Wildman–Crippen MR) is 96.6 cm³/mol. The standard InChI is InChI=1S/C18H22NP.Au.ClH/c19-17-13-7-8-14-18(17)20(15-9-3-1-4-10-15)16-11-5-2-6-12-16;;/h1-6,9-12,17-18H,7-8,13-14,19H2;;1H/q;+1;/t17-,18-;;/m0../s1. The Morgan fingerprint density at radius 1 is 0.818 bits per heavy atom. The Balaban J connectivity index is 0.000000847. The molecule has 2 aromatic carbocycles. The summed E-state index contributed by atoms with van der Waals surface area (Å²) < 4.78 is 0. The third kappa shape index (κ3) is 4.68. The molecule has 4 heteroatoms. The van der Waals surface area contributed by atoms with Gasteiger partial charge in [0, 0.05) is 6.04 Å². The van der Waals surface area contributed by atoms with Crippen LogP contribution in [0.5, 0.6) is 0 Å². The number of hydrogen-bond acceptors (Lipinski definition) is 1. The quantitative estimate of drug-likeness (QED) is 0.487. The molecule has 0 radical (unpaired) electrons. The monoisotopic (exact) mass is 516 g/mol. The molecule has 1 fully saturated rings. The van der Waals surface area contributed by atoms with E-state index in [0.29, 0.717) is 11.7 Å². The molecule has 22 heavy (non-hydrogen) atoms. The van der Waals surface area contributed by atoms with Crippen molar-refractivity contribution in [3.63, 3.8) is 0 Å². The molecule has 122 valence electrons. The molecule has 2 N–H and O–H groups in total. The third-order valence-corrected chi connectivity index (χ3v) is 7.73. The molecule has 0 unspecified atom stereocenters. The van der Waals surface area contributed by atoms with Crippen molar-refractivity contribution in [1.82, 2.24) is 0 Å². The molecule has 0 heterocycles. The van der Waals surface area contributed by atoms with Crippen LogP contribution in [0.1, 0.15) is 25.7 Å². The van der Waals surface area contributed by atoms with Gasteiger partial charge in [0.1, 0.15) is 0 Å². The van der Waals surface area contributed by atoms with Crippen molar-refractivity contribution in [2.45, 2.75) is 37.4 Å². The van der Waals surface area contributed by atoms with E-state index in [1.54, 1.807) is 20.0 Å². The van der Waals surface area contributed by atoms with Gasteiger partial charge < -0.3 is 5.73 Å². The number of hydrogen-bond donors (Lipinski definition) is 1. The predicted octanol–water partition coefficient (Wildman–Crippen LogP) is 3.81. The third-order valence-electron chi connectivity index (χ3n) is 4.36. The van der Waals surface area contributed by atoms with Crippen LogP contribution < -0.4 is 16.3 Å². The Morgan fingerprint density at radius 3 is 1.73 bits per heavy atom. The van der Waals surface area contributed by atoms with Crippen molar-refractivity contribution in [2.24, 2.45) is 5.73 Å². The van der Waals surface area contributed by atoms with E-state index in [4.69, 9.17) is 5.73 Å². The van der Waals surface area contributed by atoms with Crippen molar-refractivity contribution in [3.05, 3.63) is 60.7 Å². The second-order valence-corrected chi connectivity index (χ2v) is 8.42. The molecule has 2 aromatic rings. The first-order chi connectivity index (χ1) is 10.9. The van der Waals surface area contributed by atoms with Gasteiger partial charge in [-0.1, -0.05) is 42.8 Å². The average molecular weight is 517 g/mol. The molecule has 1 aliphatic carbocycles. The van der Waals surface area contributed by atoms with Crippen LogP contribution >= 0.6 is 17.1 Å². The van der Waals surface area contributed by atoms with Crippen LogP contribution in [0.25, 0.3) is 0 Å². The summed E-state index contributed by atoms with van der Waals surface area (Å²) in [5.41, 5.74) is 7.15. The van der Waals surface area contributed by atoms with E-state index < -0.39 is 7.92 Å². The molecule has 0 aromatic heterocycles. The number of rotatable bonds is 3. The number of halogens is 1. The van der Waals surface area contributed by atoms with E-state index in [-0.39, 0.29) is 0 Å². The van der Waals surface area contributed by atoms with Crippen LogP contribution in [0.15, 0.2) is 60.7 Å². The van der Waals surface area contributed by atoms with E-state index in [1.165, 1.54) is 36.3 Å². The summed E-state index contributed by atoms with van der Waals surface area (Å²) in [6.07, 6.45) is 5.13. The number of nitrogens with two attached hydrogens (primary N) is 1. The van der Waals surface area contributed by atoms with Gasteiger partial charge in [0.25, 0.3) is 0 Å². The summed E-state index contributed by atoms with van der Waals surface area (Å²) in [6, 6.07) is 22.4. The zero-order valence-corrected chi connectivity index (χ0v) is 16.4. The molecule has 0 spiro atoms. The summed E-state index contributed by atoms with van der Waals surface area (Å²) in [5, 5.41) is 3.01. The van der Waals surface area contributed by atoms with E-state index in [9.17, 15) is 0 Å². The summed E-state index contributed by atoms with van der Waals surface area (Å²) >= 11 is 1.75. The van der Waals surface area contributed by atoms with Gasteiger partial charge in [0.15, 0.2) is 0 Å². The second kappa shape index (κ2) is 9.88. The fourth-order valence-electron chi connectivity index (χ4n) is 3.35. The van der Waals surface area contributed by atoms with Gasteiger partial charge in [-0.25, -0.2) is 0 Å². The van der Waals surface area contributed by atoms with Crippen molar-refractivity contribution in [2.75, 3.05) is 0 Å². The summed E-state index contributed by atoms with van der Waals surface area (Å²) in [4.78, 5) is 0. The van der Waals surface area contributed by atoms with Crippen molar-refractivity contribution in [3.8, 4) is 0 Å². The Labute approximate surface area is 151 Å². The average Bonchev–Trinajstić information content (AvgIpc) is 2.61. The van der Waals surface area contributed by atoms with Crippen molar-refractivity contribution in [1.29, 1.82) is 0 Å². The topological polar surface area (TPSA) is 26.0 Å². The van der Waals surface area contributed by atoms with Gasteiger partial charge in [0.05, 0.1) is 24.2 Å². The summed E-state index contributed by atoms with van der Waals surface area (Å²) in [7, 11) is 3.81. The Kier molecular flexibility index (Phi) is 8.17. The molecule has 1 nitrogen and oxygen atoms in total. The van der Waals surface area contributed by atoms with Gasteiger partial charge in [-0.3, -0.25) is 0 Å². The maximum absolute atomic E-state index is 6.48. The zero-order valence-electron chi connectivity index (χ0n) is 12.5. The van der Waals surface area contributed by atoms with E-state index in [0.717, 1.165) is 0 Å². The normalized spacial score (nSPS) is 21.1. The molecule has 0 amide bonds. The molecule has 0 aliphatic heterocycles. The van der Waals surface area contributed by atoms with E-state index in [2.05, 4.69) is 69.9 Å². The Hall–Kier alpha value is -0.140. The second-order valence-electron chi connectivity index (χ2n) is 5.70. The maximum atomic E-state index is 6.48. The minimum atomic E-state index is -0.774. The van der Waals surface area contributed by atoms with Crippen LogP contribution in [0, 0.1) is 0 Å². The van der Waals surface area contributed by atoms with Crippen molar-refractivity contribution < 1.29 is 20.0 Å². The van der Waals surface area contributed by atoms with Crippen LogP contribution in [0.3, 0.4) is 0 Å². The SMILES string of the molecule is N[C@H]1CCCC[C@@H]1[PH+](c1ccccc1)c1ccccc1.[Cl][Au]. The van der Waals surface area contributed by atoms with Crippen LogP contribution in [-0.4, -0.2) is 11.7 Å². The molecular weight excluding hydrogens is 494 g/mol. The Morgan fingerprint density at radius 2 is 1.27 bits per heavy atom. The number of benzene rings is 2. The molecule has 0 saturated heterocycles. The van der Waals surface area contributed by atoms with Crippen LogP contribution in [0.2, 0.25) is 0 Å². The van der Waals surface area contributed by atoms with Gasteiger partial charge in [-0.05, 0) is 43.5 Å². The molecule has 1 saturated carbocycles.